The minimum atomic E-state index is -0.816. The summed E-state index contributed by atoms with van der Waals surface area (Å²) in [5, 5.41) is 13.6. The van der Waals surface area contributed by atoms with Gasteiger partial charge >= 0.3 is 0 Å². The lowest BCUT2D eigenvalue weighted by Crippen LogP contribution is -2.36. The van der Waals surface area contributed by atoms with Crippen molar-refractivity contribution in [1.29, 1.82) is 0 Å². The topological polar surface area (TPSA) is 45.1 Å². The van der Waals surface area contributed by atoms with E-state index in [2.05, 4.69) is 10.3 Å². The van der Waals surface area contributed by atoms with Crippen LogP contribution in [0.2, 0.25) is 0 Å². The number of hydrogen-bond donors (Lipinski definition) is 2. The summed E-state index contributed by atoms with van der Waals surface area (Å²) < 4.78 is 0. The summed E-state index contributed by atoms with van der Waals surface area (Å²) in [7, 11) is 0. The van der Waals surface area contributed by atoms with Crippen molar-refractivity contribution in [2.75, 3.05) is 6.54 Å². The quantitative estimate of drug-likeness (QED) is 0.781. The molecule has 1 aromatic rings. The molecule has 1 aliphatic carbocycles. The molecule has 3 heteroatoms. The number of aryl methyl sites for hydroxylation is 1. The average Bonchev–Trinajstić information content (AvgIpc) is 2.99. The highest BCUT2D eigenvalue weighted by molar-refractivity contribution is 5.20. The van der Waals surface area contributed by atoms with Gasteiger partial charge in [0.15, 0.2) is 0 Å². The van der Waals surface area contributed by atoms with Crippen LogP contribution < -0.4 is 5.32 Å². The van der Waals surface area contributed by atoms with Crippen molar-refractivity contribution in [2.45, 2.75) is 38.3 Å². The molecule has 1 aromatic heterocycles. The number of hydrogen-bond acceptors (Lipinski definition) is 3. The molecular formula is C12H18N2O. The van der Waals surface area contributed by atoms with Crippen molar-refractivity contribution in [3.05, 3.63) is 29.6 Å². The molecule has 1 saturated carbocycles. The second-order valence-electron chi connectivity index (χ2n) is 4.62. The number of rotatable bonds is 4. The van der Waals surface area contributed by atoms with Gasteiger partial charge < -0.3 is 10.4 Å². The number of pyridine rings is 1. The van der Waals surface area contributed by atoms with Crippen LogP contribution in [0.3, 0.4) is 0 Å². The van der Waals surface area contributed by atoms with E-state index in [1.54, 1.807) is 6.20 Å². The highest BCUT2D eigenvalue weighted by Gasteiger charge is 2.28. The summed E-state index contributed by atoms with van der Waals surface area (Å²) in [4.78, 5) is 4.20. The molecule has 0 spiro atoms. The van der Waals surface area contributed by atoms with Crippen LogP contribution in [-0.4, -0.2) is 22.7 Å². The van der Waals surface area contributed by atoms with Crippen LogP contribution in [0.4, 0.5) is 0 Å². The van der Waals surface area contributed by atoms with Gasteiger partial charge in [-0.15, -0.1) is 0 Å². The Morgan fingerprint density at radius 1 is 1.53 bits per heavy atom. The predicted octanol–water partition coefficient (Wildman–Crippen LogP) is 1.35. The maximum Gasteiger partial charge on any atom is 0.101 e. The average molecular weight is 206 g/mol. The van der Waals surface area contributed by atoms with Gasteiger partial charge in [-0.3, -0.25) is 4.98 Å². The molecule has 0 aliphatic heterocycles. The van der Waals surface area contributed by atoms with Gasteiger partial charge in [0.25, 0.3) is 0 Å². The first kappa shape index (κ1) is 10.6. The van der Waals surface area contributed by atoms with Crippen LogP contribution in [0.15, 0.2) is 18.3 Å². The third kappa shape index (κ3) is 2.76. The van der Waals surface area contributed by atoms with Crippen LogP contribution in [0.5, 0.6) is 0 Å². The molecular weight excluding hydrogens is 188 g/mol. The lowest BCUT2D eigenvalue weighted by atomic mass is 9.97. The van der Waals surface area contributed by atoms with Crippen molar-refractivity contribution in [1.82, 2.24) is 10.3 Å². The molecule has 0 amide bonds. The van der Waals surface area contributed by atoms with E-state index in [0.717, 1.165) is 11.3 Å². The van der Waals surface area contributed by atoms with Gasteiger partial charge in [-0.25, -0.2) is 0 Å². The number of aliphatic hydroxyl groups is 1. The monoisotopic (exact) mass is 206 g/mol. The van der Waals surface area contributed by atoms with E-state index >= 15 is 0 Å². The Labute approximate surface area is 90.5 Å². The molecule has 1 aliphatic rings. The number of nitrogens with one attached hydrogen (secondary N) is 1. The second kappa shape index (κ2) is 3.91. The van der Waals surface area contributed by atoms with E-state index in [1.807, 2.05) is 26.0 Å². The molecule has 2 rings (SSSR count). The summed E-state index contributed by atoms with van der Waals surface area (Å²) in [6.45, 7) is 4.37. The molecule has 1 heterocycles. The van der Waals surface area contributed by atoms with Crippen molar-refractivity contribution in [3.8, 4) is 0 Å². The Kier molecular flexibility index (Phi) is 2.76. The van der Waals surface area contributed by atoms with Crippen LogP contribution in [0, 0.1) is 6.92 Å². The zero-order valence-corrected chi connectivity index (χ0v) is 9.33. The van der Waals surface area contributed by atoms with E-state index < -0.39 is 5.60 Å². The van der Waals surface area contributed by atoms with Gasteiger partial charge in [-0.2, -0.15) is 0 Å². The maximum atomic E-state index is 10.3. The molecule has 0 radical (unpaired) electrons. The zero-order chi connectivity index (χ0) is 10.9. The third-order valence-electron chi connectivity index (χ3n) is 2.85. The van der Waals surface area contributed by atoms with Gasteiger partial charge in [-0.05, 0) is 32.8 Å². The molecule has 0 saturated heterocycles. The van der Waals surface area contributed by atoms with Gasteiger partial charge in [0.2, 0.25) is 0 Å². The van der Waals surface area contributed by atoms with Crippen LogP contribution in [0.25, 0.3) is 0 Å². The Bertz CT molecular complexity index is 328. The Balaban J connectivity index is 2.02. The fraction of sp³-hybridized carbons (Fsp3) is 0.583. The van der Waals surface area contributed by atoms with Gasteiger partial charge in [0.1, 0.15) is 5.60 Å². The molecule has 15 heavy (non-hydrogen) atoms. The van der Waals surface area contributed by atoms with Gasteiger partial charge in [0.05, 0.1) is 0 Å². The molecule has 0 bridgehead atoms. The third-order valence-corrected chi connectivity index (χ3v) is 2.85. The molecule has 2 N–H and O–H groups in total. The largest absolute Gasteiger partial charge is 0.384 e. The molecule has 1 atom stereocenters. The number of nitrogens with zero attached hydrogens (tertiary/aromatic N) is 1. The summed E-state index contributed by atoms with van der Waals surface area (Å²) >= 11 is 0. The number of aromatic nitrogens is 1. The zero-order valence-electron chi connectivity index (χ0n) is 9.33. The Morgan fingerprint density at radius 2 is 2.27 bits per heavy atom. The van der Waals surface area contributed by atoms with Gasteiger partial charge in [0, 0.05) is 30.0 Å². The van der Waals surface area contributed by atoms with Crippen molar-refractivity contribution in [2.24, 2.45) is 0 Å². The fourth-order valence-electron chi connectivity index (χ4n) is 1.52. The summed E-state index contributed by atoms with van der Waals surface area (Å²) in [5.41, 5.74) is 1.04. The van der Waals surface area contributed by atoms with Crippen molar-refractivity contribution in [3.63, 3.8) is 0 Å². The molecule has 82 valence electrons. The minimum absolute atomic E-state index is 0.600. The molecule has 1 fully saturated rings. The van der Waals surface area contributed by atoms with Crippen LogP contribution in [0.1, 0.15) is 31.0 Å². The lowest BCUT2D eigenvalue weighted by Gasteiger charge is -2.24. The Hall–Kier alpha value is -0.930. The van der Waals surface area contributed by atoms with E-state index in [0.29, 0.717) is 12.6 Å². The molecule has 0 aromatic carbocycles. The normalized spacial score (nSPS) is 19.9. The predicted molar refractivity (Wildman–Crippen MR) is 59.6 cm³/mol. The fourth-order valence-corrected chi connectivity index (χ4v) is 1.52. The van der Waals surface area contributed by atoms with Crippen LogP contribution in [-0.2, 0) is 5.60 Å². The molecule has 1 unspecified atom stereocenters. The lowest BCUT2D eigenvalue weighted by molar-refractivity contribution is 0.0562. The second-order valence-corrected chi connectivity index (χ2v) is 4.62. The highest BCUT2D eigenvalue weighted by Crippen LogP contribution is 2.23. The van der Waals surface area contributed by atoms with E-state index in [4.69, 9.17) is 0 Å². The first-order valence-corrected chi connectivity index (χ1v) is 5.47. The summed E-state index contributed by atoms with van der Waals surface area (Å²) in [6.07, 6.45) is 4.23. The van der Waals surface area contributed by atoms with Crippen LogP contribution >= 0.6 is 0 Å². The Morgan fingerprint density at radius 3 is 2.80 bits per heavy atom. The minimum Gasteiger partial charge on any atom is -0.384 e. The standard InChI is InChI=1S/C12H18N2O/c1-9-3-4-10(7-13-9)12(2,15)8-14-11-5-6-11/h3-4,7,11,14-15H,5-6,8H2,1-2H3. The van der Waals surface area contributed by atoms with Gasteiger partial charge in [-0.1, -0.05) is 6.07 Å². The van der Waals surface area contributed by atoms with E-state index in [9.17, 15) is 5.11 Å². The molecule has 3 nitrogen and oxygen atoms in total. The highest BCUT2D eigenvalue weighted by atomic mass is 16.3. The van der Waals surface area contributed by atoms with E-state index in [-0.39, 0.29) is 0 Å². The SMILES string of the molecule is Cc1ccc(C(C)(O)CNC2CC2)cn1. The van der Waals surface area contributed by atoms with Crippen molar-refractivity contribution >= 4 is 0 Å². The van der Waals surface area contributed by atoms with Crippen molar-refractivity contribution < 1.29 is 5.11 Å². The first-order chi connectivity index (χ1) is 7.08. The summed E-state index contributed by atoms with van der Waals surface area (Å²) in [6, 6.07) is 4.49. The summed E-state index contributed by atoms with van der Waals surface area (Å²) in [5.74, 6) is 0. The smallest absolute Gasteiger partial charge is 0.101 e. The maximum absolute atomic E-state index is 10.3. The first-order valence-electron chi connectivity index (χ1n) is 5.47. The van der Waals surface area contributed by atoms with E-state index in [1.165, 1.54) is 12.8 Å².